The van der Waals surface area contributed by atoms with Crippen LogP contribution in [0.5, 0.6) is 0 Å². The fraction of sp³-hybridized carbons (Fsp3) is 0.759. The summed E-state index contributed by atoms with van der Waals surface area (Å²) in [6.07, 6.45) is 68.0. The number of allylic oxidation sites excluding steroid dienone is 12. The van der Waals surface area contributed by atoms with Crippen LogP contribution in [-0.4, -0.2) is 49.3 Å². The highest BCUT2D eigenvalue weighted by Gasteiger charge is 2.26. The lowest BCUT2D eigenvalue weighted by Gasteiger charge is -2.19. The Morgan fingerprint density at radius 3 is 1.21 bits per heavy atom. The molecule has 0 rings (SSSR count). The number of carbonyl (C=O) groups excluding carboxylic acids is 2. The number of rotatable bonds is 52. The third-order valence-electron chi connectivity index (χ3n) is 11.9. The van der Waals surface area contributed by atoms with E-state index in [1.165, 1.54) is 135 Å². The molecule has 0 aromatic carbocycles. The van der Waals surface area contributed by atoms with E-state index in [0.717, 1.165) is 83.5 Å². The van der Waals surface area contributed by atoms with Crippen LogP contribution in [0, 0.1) is 0 Å². The van der Waals surface area contributed by atoms with Gasteiger partial charge in [0.2, 0.25) is 0 Å². The molecule has 0 amide bonds. The minimum absolute atomic E-state index is 0.0513. The molecule has 68 heavy (non-hydrogen) atoms. The molecule has 0 aromatic rings. The second-order valence-electron chi connectivity index (χ2n) is 18.4. The molecule has 0 aliphatic heterocycles. The van der Waals surface area contributed by atoms with E-state index in [2.05, 4.69) is 86.8 Å². The lowest BCUT2D eigenvalue weighted by atomic mass is 10.0. The largest absolute Gasteiger partial charge is 0.472 e. The fourth-order valence-corrected chi connectivity index (χ4v) is 8.52. The third-order valence-corrected chi connectivity index (χ3v) is 12.8. The zero-order chi connectivity index (χ0) is 49.5. The summed E-state index contributed by atoms with van der Waals surface area (Å²) in [4.78, 5) is 35.1. The molecule has 0 saturated carbocycles. The summed E-state index contributed by atoms with van der Waals surface area (Å²) in [5, 5.41) is 0. The standard InChI is InChI=1S/C58H104NO8P/c1-3-5-7-9-11-13-15-17-19-21-23-24-25-26-27-28-29-30-31-32-33-35-37-39-41-43-45-47-49-51-58(61)67-56(55-66-68(62,63)65-53-52-59)54-64-57(60)50-48-46-44-42-40-38-36-34-22-20-18-16-14-12-10-8-6-4-2/h5,7,11,13,17,19,23-24,26-27,29-30,56H,3-4,6,8-10,12,14-16,18,20-22,25,28,31-55,59H2,1-2H3,(H,62,63)/b7-5-,13-11-,19-17-,24-23-,27-26-,30-29-. The van der Waals surface area contributed by atoms with Crippen LogP contribution in [0.1, 0.15) is 251 Å². The number of ether oxygens (including phenoxy) is 2. The van der Waals surface area contributed by atoms with E-state index >= 15 is 0 Å². The van der Waals surface area contributed by atoms with Crippen LogP contribution >= 0.6 is 7.82 Å². The number of phosphoric acid groups is 1. The zero-order valence-corrected chi connectivity index (χ0v) is 44.7. The smallest absolute Gasteiger partial charge is 0.462 e. The van der Waals surface area contributed by atoms with Gasteiger partial charge in [0.05, 0.1) is 13.2 Å². The van der Waals surface area contributed by atoms with E-state index in [-0.39, 0.29) is 38.6 Å². The van der Waals surface area contributed by atoms with E-state index in [9.17, 15) is 19.0 Å². The van der Waals surface area contributed by atoms with Gasteiger partial charge in [0.25, 0.3) is 0 Å². The van der Waals surface area contributed by atoms with Crippen LogP contribution in [0.2, 0.25) is 0 Å². The van der Waals surface area contributed by atoms with Gasteiger partial charge in [-0.1, -0.05) is 247 Å². The molecule has 0 aliphatic carbocycles. The first-order valence-electron chi connectivity index (χ1n) is 27.9. The van der Waals surface area contributed by atoms with Crippen molar-refractivity contribution in [1.29, 1.82) is 0 Å². The summed E-state index contributed by atoms with van der Waals surface area (Å²) in [5.41, 5.74) is 5.38. The molecule has 0 spiro atoms. The van der Waals surface area contributed by atoms with Crippen molar-refractivity contribution in [3.8, 4) is 0 Å². The van der Waals surface area contributed by atoms with Crippen molar-refractivity contribution in [3.63, 3.8) is 0 Å². The molecular formula is C58H104NO8P. The Balaban J connectivity index is 4.00. The van der Waals surface area contributed by atoms with Gasteiger partial charge in [0.15, 0.2) is 6.10 Å². The maximum absolute atomic E-state index is 12.7. The van der Waals surface area contributed by atoms with Crippen molar-refractivity contribution in [3.05, 3.63) is 72.9 Å². The number of unbranched alkanes of at least 4 members (excludes halogenated alkanes) is 27. The van der Waals surface area contributed by atoms with Gasteiger partial charge in [-0.2, -0.15) is 0 Å². The predicted octanol–water partition coefficient (Wildman–Crippen LogP) is 17.3. The Morgan fingerprint density at radius 2 is 0.809 bits per heavy atom. The second-order valence-corrected chi connectivity index (χ2v) is 19.9. The van der Waals surface area contributed by atoms with Crippen LogP contribution in [0.15, 0.2) is 72.9 Å². The Morgan fingerprint density at radius 1 is 0.456 bits per heavy atom. The number of carbonyl (C=O) groups is 2. The van der Waals surface area contributed by atoms with Gasteiger partial charge in [-0.05, 0) is 64.2 Å². The van der Waals surface area contributed by atoms with Gasteiger partial charge in [-0.15, -0.1) is 0 Å². The lowest BCUT2D eigenvalue weighted by molar-refractivity contribution is -0.161. The number of phosphoric ester groups is 1. The van der Waals surface area contributed by atoms with Crippen molar-refractivity contribution >= 4 is 19.8 Å². The predicted molar refractivity (Wildman–Crippen MR) is 289 cm³/mol. The lowest BCUT2D eigenvalue weighted by Crippen LogP contribution is -2.29. The average molecular weight is 974 g/mol. The van der Waals surface area contributed by atoms with Crippen LogP contribution < -0.4 is 5.73 Å². The molecule has 394 valence electrons. The van der Waals surface area contributed by atoms with Crippen LogP contribution in [0.25, 0.3) is 0 Å². The Hall–Kier alpha value is -2.55. The van der Waals surface area contributed by atoms with Crippen molar-refractivity contribution in [2.24, 2.45) is 5.73 Å². The maximum atomic E-state index is 12.7. The van der Waals surface area contributed by atoms with Crippen molar-refractivity contribution < 1.29 is 37.6 Å². The number of hydrogen-bond acceptors (Lipinski definition) is 8. The quantitative estimate of drug-likeness (QED) is 0.0264. The maximum Gasteiger partial charge on any atom is 0.472 e. The summed E-state index contributed by atoms with van der Waals surface area (Å²) >= 11 is 0. The number of hydrogen-bond donors (Lipinski definition) is 2. The molecule has 0 aliphatic rings. The third kappa shape index (κ3) is 52.8. The Bertz CT molecular complexity index is 1340. The van der Waals surface area contributed by atoms with Crippen LogP contribution in [-0.2, 0) is 32.7 Å². The normalized spacial score (nSPS) is 13.6. The number of nitrogens with two attached hydrogens (primary N) is 1. The molecule has 9 nitrogen and oxygen atoms in total. The van der Waals surface area contributed by atoms with Gasteiger partial charge in [-0.3, -0.25) is 18.6 Å². The highest BCUT2D eigenvalue weighted by molar-refractivity contribution is 7.47. The summed E-state index contributed by atoms with van der Waals surface area (Å²) in [7, 11) is -4.39. The Kier molecular flexibility index (Phi) is 51.8. The molecule has 0 fully saturated rings. The first-order valence-corrected chi connectivity index (χ1v) is 29.4. The first kappa shape index (κ1) is 65.5. The average Bonchev–Trinajstić information content (AvgIpc) is 3.33. The van der Waals surface area contributed by atoms with Gasteiger partial charge >= 0.3 is 19.8 Å². The highest BCUT2D eigenvalue weighted by atomic mass is 31.2. The molecular weight excluding hydrogens is 870 g/mol. The minimum atomic E-state index is -4.39. The van der Waals surface area contributed by atoms with E-state index in [0.29, 0.717) is 6.42 Å². The van der Waals surface area contributed by atoms with E-state index in [4.69, 9.17) is 24.3 Å². The molecule has 0 saturated heterocycles. The van der Waals surface area contributed by atoms with E-state index < -0.39 is 26.5 Å². The van der Waals surface area contributed by atoms with Crippen LogP contribution in [0.3, 0.4) is 0 Å². The molecule has 3 N–H and O–H groups in total. The second kappa shape index (κ2) is 53.8. The van der Waals surface area contributed by atoms with Crippen molar-refractivity contribution in [1.82, 2.24) is 0 Å². The van der Waals surface area contributed by atoms with Gasteiger partial charge in [0, 0.05) is 19.4 Å². The molecule has 0 radical (unpaired) electrons. The van der Waals surface area contributed by atoms with E-state index in [1.807, 2.05) is 0 Å². The topological polar surface area (TPSA) is 134 Å². The zero-order valence-electron chi connectivity index (χ0n) is 43.8. The van der Waals surface area contributed by atoms with Crippen LogP contribution in [0.4, 0.5) is 0 Å². The monoisotopic (exact) mass is 974 g/mol. The summed E-state index contributed by atoms with van der Waals surface area (Å²) in [6.45, 7) is 3.65. The fourth-order valence-electron chi connectivity index (χ4n) is 7.76. The van der Waals surface area contributed by atoms with Crippen molar-refractivity contribution in [2.75, 3.05) is 26.4 Å². The SMILES string of the molecule is CC/C=C\C/C=C\C/C=C\C/C=C\C/C=C\C/C=C\CCCCCCCCCCCCC(=O)OC(COC(=O)CCCCCCCCCCCCCCCCCCCC)COP(=O)(O)OCCN. The van der Waals surface area contributed by atoms with Gasteiger partial charge in [-0.25, -0.2) is 4.57 Å². The molecule has 0 aromatic heterocycles. The van der Waals surface area contributed by atoms with Gasteiger partial charge in [0.1, 0.15) is 6.61 Å². The molecule has 2 unspecified atom stereocenters. The summed E-state index contributed by atoms with van der Waals surface area (Å²) in [6, 6.07) is 0. The molecule has 0 heterocycles. The van der Waals surface area contributed by atoms with Gasteiger partial charge < -0.3 is 20.1 Å². The minimum Gasteiger partial charge on any atom is -0.462 e. The summed E-state index contributed by atoms with van der Waals surface area (Å²) < 4.78 is 33.0. The Labute approximate surface area is 418 Å². The van der Waals surface area contributed by atoms with E-state index in [1.54, 1.807) is 0 Å². The molecule has 0 bridgehead atoms. The molecule has 10 heteroatoms. The highest BCUT2D eigenvalue weighted by Crippen LogP contribution is 2.43. The van der Waals surface area contributed by atoms with Crippen molar-refractivity contribution in [2.45, 2.75) is 258 Å². The first-order chi connectivity index (χ1) is 33.3. The number of esters is 2. The summed E-state index contributed by atoms with van der Waals surface area (Å²) in [5.74, 6) is -0.826. The molecule has 2 atom stereocenters.